The van der Waals surface area contributed by atoms with Gasteiger partial charge in [-0.15, -0.1) is 0 Å². The fourth-order valence-corrected chi connectivity index (χ4v) is 2.82. The molecule has 1 aromatic heterocycles. The predicted molar refractivity (Wildman–Crippen MR) is 82.0 cm³/mol. The topological polar surface area (TPSA) is 94.6 Å². The number of carbonyl (C=O) groups is 1. The van der Waals surface area contributed by atoms with Crippen LogP contribution >= 0.6 is 11.6 Å². The molecule has 2 aromatic rings. The molecule has 1 amide bonds. The Bertz CT molecular complexity index is 687. The minimum atomic E-state index is -0.914. The normalized spacial score (nSPS) is 25.3. The van der Waals surface area contributed by atoms with Crippen molar-refractivity contribution in [1.82, 2.24) is 10.3 Å². The van der Waals surface area contributed by atoms with Crippen molar-refractivity contribution in [3.8, 4) is 0 Å². The van der Waals surface area contributed by atoms with E-state index in [0.29, 0.717) is 17.3 Å². The average Bonchev–Trinajstić information content (AvgIpc) is 2.94. The van der Waals surface area contributed by atoms with Crippen LogP contribution in [0.1, 0.15) is 10.5 Å². The fourth-order valence-electron chi connectivity index (χ4n) is 2.59. The molecular formula is C15H17ClN2O4. The standard InChI is InChI=1S/C15H17ClN2O4/c16-10-2-1-3-11-9(10)4-12(18-11)15(21)17-5-8-6-22-7-13(19)14(8)20/h1-4,8,13-14,18-20H,5-7H2,(H,17,21)/t8-,13-,14+/m1/s1. The number of H-pyrrole nitrogens is 1. The van der Waals surface area contributed by atoms with Crippen LogP contribution in [0.3, 0.4) is 0 Å². The van der Waals surface area contributed by atoms with Crippen LogP contribution in [0.2, 0.25) is 5.02 Å². The molecule has 1 fully saturated rings. The lowest BCUT2D eigenvalue weighted by Gasteiger charge is -2.31. The summed E-state index contributed by atoms with van der Waals surface area (Å²) in [6.07, 6.45) is -1.81. The minimum absolute atomic E-state index is 0.117. The van der Waals surface area contributed by atoms with Gasteiger partial charge in [-0.3, -0.25) is 4.79 Å². The highest BCUT2D eigenvalue weighted by Crippen LogP contribution is 2.24. The summed E-state index contributed by atoms with van der Waals surface area (Å²) in [4.78, 5) is 15.2. The van der Waals surface area contributed by atoms with E-state index in [1.165, 1.54) is 0 Å². The minimum Gasteiger partial charge on any atom is -0.390 e. The van der Waals surface area contributed by atoms with Gasteiger partial charge < -0.3 is 25.3 Å². The first-order valence-corrected chi connectivity index (χ1v) is 7.43. The number of halogens is 1. The van der Waals surface area contributed by atoms with Crippen LogP contribution in [0.4, 0.5) is 0 Å². The van der Waals surface area contributed by atoms with Gasteiger partial charge in [-0.1, -0.05) is 17.7 Å². The van der Waals surface area contributed by atoms with Gasteiger partial charge in [0.1, 0.15) is 11.8 Å². The molecule has 1 saturated heterocycles. The molecule has 118 valence electrons. The van der Waals surface area contributed by atoms with Crippen molar-refractivity contribution >= 4 is 28.4 Å². The second kappa shape index (κ2) is 6.26. The van der Waals surface area contributed by atoms with Crippen LogP contribution in [0.25, 0.3) is 10.9 Å². The van der Waals surface area contributed by atoms with Crippen molar-refractivity contribution < 1.29 is 19.7 Å². The number of aromatic amines is 1. The van der Waals surface area contributed by atoms with Crippen molar-refractivity contribution in [3.05, 3.63) is 35.0 Å². The van der Waals surface area contributed by atoms with Gasteiger partial charge in [-0.25, -0.2) is 0 Å². The first kappa shape index (κ1) is 15.3. The zero-order chi connectivity index (χ0) is 15.7. The summed E-state index contributed by atoms with van der Waals surface area (Å²) in [6, 6.07) is 7.10. The van der Waals surface area contributed by atoms with E-state index >= 15 is 0 Å². The molecule has 1 aliphatic rings. The monoisotopic (exact) mass is 324 g/mol. The third kappa shape index (κ3) is 2.96. The Hall–Kier alpha value is -1.60. The van der Waals surface area contributed by atoms with E-state index in [0.717, 1.165) is 10.9 Å². The van der Waals surface area contributed by atoms with E-state index in [-0.39, 0.29) is 25.0 Å². The maximum absolute atomic E-state index is 12.2. The number of benzene rings is 1. The predicted octanol–water partition coefficient (Wildman–Crippen LogP) is 0.919. The second-order valence-corrected chi connectivity index (χ2v) is 5.86. The number of aliphatic hydroxyl groups is 2. The SMILES string of the molecule is O=C(NC[C@@H]1COC[C@@H](O)[C@H]1O)c1cc2c(Cl)cccc2[nH]1. The number of carbonyl (C=O) groups excluding carboxylic acids is 1. The van der Waals surface area contributed by atoms with Gasteiger partial charge in [-0.2, -0.15) is 0 Å². The maximum atomic E-state index is 12.2. The Kier molecular flexibility index (Phi) is 4.35. The molecule has 0 unspecified atom stereocenters. The van der Waals surface area contributed by atoms with E-state index in [2.05, 4.69) is 10.3 Å². The lowest BCUT2D eigenvalue weighted by atomic mass is 9.96. The maximum Gasteiger partial charge on any atom is 0.267 e. The zero-order valence-electron chi connectivity index (χ0n) is 11.8. The first-order valence-electron chi connectivity index (χ1n) is 7.05. The van der Waals surface area contributed by atoms with Crippen LogP contribution in [0.5, 0.6) is 0 Å². The smallest absolute Gasteiger partial charge is 0.267 e. The molecule has 1 aliphatic heterocycles. The molecule has 0 radical (unpaired) electrons. The van der Waals surface area contributed by atoms with E-state index in [1.54, 1.807) is 18.2 Å². The van der Waals surface area contributed by atoms with E-state index < -0.39 is 12.2 Å². The Labute approximate surface area is 132 Å². The van der Waals surface area contributed by atoms with Gasteiger partial charge in [0.25, 0.3) is 5.91 Å². The van der Waals surface area contributed by atoms with Gasteiger partial charge in [0.2, 0.25) is 0 Å². The molecule has 2 heterocycles. The molecule has 7 heteroatoms. The van der Waals surface area contributed by atoms with Crippen LogP contribution < -0.4 is 5.32 Å². The molecule has 0 aliphatic carbocycles. The first-order chi connectivity index (χ1) is 10.6. The summed E-state index contributed by atoms with van der Waals surface area (Å²) in [6.45, 7) is 0.642. The molecular weight excluding hydrogens is 308 g/mol. The third-order valence-corrected chi connectivity index (χ3v) is 4.21. The molecule has 6 nitrogen and oxygen atoms in total. The summed E-state index contributed by atoms with van der Waals surface area (Å²) < 4.78 is 5.18. The van der Waals surface area contributed by atoms with Gasteiger partial charge in [0.15, 0.2) is 0 Å². The zero-order valence-corrected chi connectivity index (χ0v) is 12.5. The number of aromatic nitrogens is 1. The van der Waals surface area contributed by atoms with Gasteiger partial charge >= 0.3 is 0 Å². The van der Waals surface area contributed by atoms with Gasteiger partial charge in [-0.05, 0) is 18.2 Å². The quantitative estimate of drug-likeness (QED) is 0.675. The van der Waals surface area contributed by atoms with Crippen LogP contribution in [0, 0.1) is 5.92 Å². The molecule has 0 bridgehead atoms. The van der Waals surface area contributed by atoms with Crippen molar-refractivity contribution in [2.45, 2.75) is 12.2 Å². The molecule has 3 rings (SSSR count). The van der Waals surface area contributed by atoms with Crippen molar-refractivity contribution in [2.24, 2.45) is 5.92 Å². The summed E-state index contributed by atoms with van der Waals surface area (Å²) in [5, 5.41) is 23.5. The summed E-state index contributed by atoms with van der Waals surface area (Å²) >= 11 is 6.08. The van der Waals surface area contributed by atoms with E-state index in [1.807, 2.05) is 6.07 Å². The summed E-state index contributed by atoms with van der Waals surface area (Å²) in [5.74, 6) is -0.625. The van der Waals surface area contributed by atoms with Crippen LogP contribution in [0.15, 0.2) is 24.3 Å². The lowest BCUT2D eigenvalue weighted by Crippen LogP contribution is -2.48. The van der Waals surface area contributed by atoms with Crippen LogP contribution in [-0.2, 0) is 4.74 Å². The van der Waals surface area contributed by atoms with Crippen LogP contribution in [-0.4, -0.2) is 53.1 Å². The highest BCUT2D eigenvalue weighted by molar-refractivity contribution is 6.35. The van der Waals surface area contributed by atoms with Gasteiger partial charge in [0, 0.05) is 28.4 Å². The molecule has 0 saturated carbocycles. The number of nitrogens with one attached hydrogen (secondary N) is 2. The van der Waals surface area contributed by atoms with Crippen molar-refractivity contribution in [3.63, 3.8) is 0 Å². The highest BCUT2D eigenvalue weighted by atomic mass is 35.5. The fraction of sp³-hybridized carbons (Fsp3) is 0.400. The number of amides is 1. The molecule has 1 aromatic carbocycles. The lowest BCUT2D eigenvalue weighted by molar-refractivity contribution is -0.118. The number of hydrogen-bond donors (Lipinski definition) is 4. The Balaban J connectivity index is 1.67. The van der Waals surface area contributed by atoms with Gasteiger partial charge in [0.05, 0.1) is 19.3 Å². The molecule has 3 atom stereocenters. The number of hydrogen-bond acceptors (Lipinski definition) is 4. The number of rotatable bonds is 3. The summed E-state index contributed by atoms with van der Waals surface area (Å²) in [7, 11) is 0. The Morgan fingerprint density at radius 2 is 2.23 bits per heavy atom. The Morgan fingerprint density at radius 3 is 3.00 bits per heavy atom. The van der Waals surface area contributed by atoms with E-state index in [9.17, 15) is 15.0 Å². The van der Waals surface area contributed by atoms with Crippen molar-refractivity contribution in [2.75, 3.05) is 19.8 Å². The molecule has 0 spiro atoms. The Morgan fingerprint density at radius 1 is 1.41 bits per heavy atom. The highest BCUT2D eigenvalue weighted by Gasteiger charge is 2.31. The van der Waals surface area contributed by atoms with E-state index in [4.69, 9.17) is 16.3 Å². The third-order valence-electron chi connectivity index (χ3n) is 3.88. The number of aliphatic hydroxyl groups excluding tert-OH is 2. The second-order valence-electron chi connectivity index (χ2n) is 5.45. The number of ether oxygens (including phenoxy) is 1. The molecule has 22 heavy (non-hydrogen) atoms. The largest absolute Gasteiger partial charge is 0.390 e. The van der Waals surface area contributed by atoms with Crippen molar-refractivity contribution in [1.29, 1.82) is 0 Å². The summed E-state index contributed by atoms with van der Waals surface area (Å²) in [5.41, 5.74) is 1.18. The molecule has 4 N–H and O–H groups in total. The average molecular weight is 325 g/mol. The number of fused-ring (bicyclic) bond motifs is 1.